The van der Waals surface area contributed by atoms with Gasteiger partial charge in [-0.15, -0.1) is 6.42 Å². The average Bonchev–Trinajstić information content (AvgIpc) is 3.08. The summed E-state index contributed by atoms with van der Waals surface area (Å²) in [5, 5.41) is 0. The van der Waals surface area contributed by atoms with Gasteiger partial charge in [0.2, 0.25) is 0 Å². The molecule has 0 fully saturated rings. The number of rotatable bonds is 38. The molecular formula is C33H56O13. The zero-order chi connectivity index (χ0) is 32.7. The van der Waals surface area contributed by atoms with Crippen molar-refractivity contribution in [2.24, 2.45) is 0 Å². The molecule has 0 aliphatic rings. The van der Waals surface area contributed by atoms with E-state index < -0.39 is 0 Å². The van der Waals surface area contributed by atoms with E-state index >= 15 is 0 Å². The number of hydrogen-bond donors (Lipinski definition) is 0. The normalized spacial score (nSPS) is 11.2. The predicted molar refractivity (Wildman–Crippen MR) is 171 cm³/mol. The van der Waals surface area contributed by atoms with Crippen LogP contribution in [0.3, 0.4) is 0 Å². The van der Waals surface area contributed by atoms with Crippen molar-refractivity contribution in [1.29, 1.82) is 0 Å². The second-order valence-electron chi connectivity index (χ2n) is 9.15. The summed E-state index contributed by atoms with van der Waals surface area (Å²) in [6.45, 7) is 12.5. The second-order valence-corrected chi connectivity index (χ2v) is 9.15. The molecule has 0 aromatic heterocycles. The largest absolute Gasteiger partial charge is 0.491 e. The van der Waals surface area contributed by atoms with Crippen LogP contribution in [0.5, 0.6) is 5.75 Å². The molecule has 0 bridgehead atoms. The lowest BCUT2D eigenvalue weighted by molar-refractivity contribution is -0.0283. The molecule has 0 aliphatic carbocycles. The first-order valence-electron chi connectivity index (χ1n) is 16.0. The van der Waals surface area contributed by atoms with Gasteiger partial charge in [-0.2, -0.15) is 0 Å². The third-order valence-electron chi connectivity index (χ3n) is 5.52. The SMILES string of the molecule is C#CCOCCOCCOCCOCCOCCOCCOCCOCCOCCOCCOCCOCCOc1ccccc1. The van der Waals surface area contributed by atoms with E-state index in [9.17, 15) is 0 Å². The van der Waals surface area contributed by atoms with E-state index in [-0.39, 0.29) is 0 Å². The van der Waals surface area contributed by atoms with Crippen molar-refractivity contribution in [2.45, 2.75) is 0 Å². The molecule has 0 amide bonds. The van der Waals surface area contributed by atoms with Gasteiger partial charge in [0.05, 0.1) is 152 Å². The van der Waals surface area contributed by atoms with Crippen LogP contribution in [0.15, 0.2) is 30.3 Å². The number of hydrogen-bond acceptors (Lipinski definition) is 13. The summed E-state index contributed by atoms with van der Waals surface area (Å²) in [6.07, 6.45) is 5.08. The Bertz CT molecular complexity index is 751. The minimum Gasteiger partial charge on any atom is -0.491 e. The van der Waals surface area contributed by atoms with Crippen LogP contribution in [-0.4, -0.2) is 165 Å². The van der Waals surface area contributed by atoms with Crippen LogP contribution in [0.1, 0.15) is 0 Å². The summed E-state index contributed by atoms with van der Waals surface area (Å²) in [5.41, 5.74) is 0. The lowest BCUT2D eigenvalue weighted by Gasteiger charge is -2.09. The van der Waals surface area contributed by atoms with Crippen molar-refractivity contribution in [2.75, 3.05) is 165 Å². The van der Waals surface area contributed by atoms with E-state index in [1.54, 1.807) is 0 Å². The van der Waals surface area contributed by atoms with E-state index in [1.165, 1.54) is 0 Å². The number of benzene rings is 1. The van der Waals surface area contributed by atoms with Crippen molar-refractivity contribution < 1.29 is 61.6 Å². The van der Waals surface area contributed by atoms with Crippen LogP contribution in [0, 0.1) is 12.3 Å². The maximum atomic E-state index is 5.55. The average molecular weight is 661 g/mol. The highest BCUT2D eigenvalue weighted by Gasteiger charge is 1.97. The fourth-order valence-electron chi connectivity index (χ4n) is 3.29. The fraction of sp³-hybridized carbons (Fsp3) is 0.758. The Balaban J connectivity index is 1.61. The van der Waals surface area contributed by atoms with E-state index in [0.29, 0.717) is 165 Å². The van der Waals surface area contributed by atoms with Gasteiger partial charge >= 0.3 is 0 Å². The molecule has 0 radical (unpaired) electrons. The van der Waals surface area contributed by atoms with Gasteiger partial charge in [0.15, 0.2) is 0 Å². The Morgan fingerprint density at radius 2 is 0.565 bits per heavy atom. The van der Waals surface area contributed by atoms with Crippen LogP contribution in [-0.2, 0) is 56.8 Å². The van der Waals surface area contributed by atoms with E-state index in [1.807, 2.05) is 30.3 Å². The molecule has 13 nitrogen and oxygen atoms in total. The molecule has 0 saturated carbocycles. The van der Waals surface area contributed by atoms with Gasteiger partial charge in [0, 0.05) is 0 Å². The molecule has 46 heavy (non-hydrogen) atoms. The molecule has 0 unspecified atom stereocenters. The van der Waals surface area contributed by atoms with Crippen LogP contribution in [0.4, 0.5) is 0 Å². The summed E-state index contributed by atoms with van der Waals surface area (Å²) in [5.74, 6) is 3.24. The van der Waals surface area contributed by atoms with Gasteiger partial charge in [0.1, 0.15) is 19.0 Å². The number of terminal acetylenes is 1. The van der Waals surface area contributed by atoms with E-state index in [0.717, 1.165) is 5.75 Å². The molecule has 0 heterocycles. The van der Waals surface area contributed by atoms with Gasteiger partial charge < -0.3 is 61.6 Å². The topological polar surface area (TPSA) is 120 Å². The van der Waals surface area contributed by atoms with Crippen LogP contribution < -0.4 is 4.74 Å². The molecule has 0 atom stereocenters. The first kappa shape index (κ1) is 42.1. The summed E-state index contributed by atoms with van der Waals surface area (Å²) in [7, 11) is 0. The Hall–Kier alpha value is -1.90. The molecular weight excluding hydrogens is 604 g/mol. The molecule has 1 aromatic rings. The Morgan fingerprint density at radius 1 is 0.326 bits per heavy atom. The van der Waals surface area contributed by atoms with Gasteiger partial charge in [-0.3, -0.25) is 0 Å². The minimum absolute atomic E-state index is 0.307. The molecule has 266 valence electrons. The lowest BCUT2D eigenvalue weighted by Crippen LogP contribution is -2.15. The monoisotopic (exact) mass is 660 g/mol. The van der Waals surface area contributed by atoms with Crippen LogP contribution >= 0.6 is 0 Å². The van der Waals surface area contributed by atoms with E-state index in [2.05, 4.69) is 5.92 Å². The molecule has 0 N–H and O–H groups in total. The second kappa shape index (κ2) is 37.6. The first-order chi connectivity index (χ1) is 22.9. The molecule has 0 saturated heterocycles. The van der Waals surface area contributed by atoms with Crippen LogP contribution in [0.25, 0.3) is 0 Å². The first-order valence-corrected chi connectivity index (χ1v) is 16.0. The summed E-state index contributed by atoms with van der Waals surface area (Å²) < 4.78 is 70.6. The van der Waals surface area contributed by atoms with Crippen LogP contribution in [0.2, 0.25) is 0 Å². The highest BCUT2D eigenvalue weighted by molar-refractivity contribution is 5.20. The minimum atomic E-state index is 0.307. The standard InChI is InChI=1S/C33H56O13/c1-2-8-34-9-10-35-11-12-36-13-14-37-15-16-38-17-18-39-19-20-40-21-22-41-23-24-42-25-26-43-27-28-44-29-30-45-31-32-46-33-6-4-3-5-7-33/h1,3-7H,8-32H2. The third-order valence-corrected chi connectivity index (χ3v) is 5.52. The highest BCUT2D eigenvalue weighted by Crippen LogP contribution is 2.07. The molecule has 0 spiro atoms. The van der Waals surface area contributed by atoms with Crippen molar-refractivity contribution in [3.63, 3.8) is 0 Å². The fourth-order valence-corrected chi connectivity index (χ4v) is 3.29. The summed E-state index contributed by atoms with van der Waals surface area (Å²) in [4.78, 5) is 0. The molecule has 13 heteroatoms. The lowest BCUT2D eigenvalue weighted by atomic mass is 10.3. The van der Waals surface area contributed by atoms with Crippen molar-refractivity contribution >= 4 is 0 Å². The quantitative estimate of drug-likeness (QED) is 0.0760. The number of para-hydroxylation sites is 1. The van der Waals surface area contributed by atoms with E-state index in [4.69, 9.17) is 68.0 Å². The third kappa shape index (κ3) is 33.5. The van der Waals surface area contributed by atoms with Gasteiger partial charge in [0.25, 0.3) is 0 Å². The Morgan fingerprint density at radius 3 is 0.826 bits per heavy atom. The zero-order valence-corrected chi connectivity index (χ0v) is 27.4. The summed E-state index contributed by atoms with van der Waals surface area (Å²) >= 11 is 0. The Labute approximate surface area is 275 Å². The summed E-state index contributed by atoms with van der Waals surface area (Å²) in [6, 6.07) is 9.67. The molecule has 1 rings (SSSR count). The van der Waals surface area contributed by atoms with Crippen molar-refractivity contribution in [1.82, 2.24) is 0 Å². The van der Waals surface area contributed by atoms with Gasteiger partial charge in [-0.25, -0.2) is 0 Å². The predicted octanol–water partition coefficient (Wildman–Crippen LogP) is 1.90. The molecule has 1 aromatic carbocycles. The maximum Gasteiger partial charge on any atom is 0.119 e. The maximum absolute atomic E-state index is 5.55. The number of ether oxygens (including phenoxy) is 13. The molecule has 0 aliphatic heterocycles. The zero-order valence-electron chi connectivity index (χ0n) is 27.4. The van der Waals surface area contributed by atoms with Gasteiger partial charge in [-0.05, 0) is 12.1 Å². The van der Waals surface area contributed by atoms with Crippen molar-refractivity contribution in [3.8, 4) is 18.1 Å². The Kier molecular flexibility index (Phi) is 34.4. The van der Waals surface area contributed by atoms with Crippen molar-refractivity contribution in [3.05, 3.63) is 30.3 Å². The highest BCUT2D eigenvalue weighted by atomic mass is 16.6. The smallest absolute Gasteiger partial charge is 0.119 e. The van der Waals surface area contributed by atoms with Gasteiger partial charge in [-0.1, -0.05) is 24.1 Å².